The summed E-state index contributed by atoms with van der Waals surface area (Å²) in [7, 11) is 0. The van der Waals surface area contributed by atoms with Gasteiger partial charge in [0.05, 0.1) is 10.6 Å². The molecule has 0 aromatic heterocycles. The van der Waals surface area contributed by atoms with E-state index < -0.39 is 23.7 Å². The molecule has 1 aromatic carbocycles. The van der Waals surface area contributed by atoms with E-state index in [0.717, 1.165) is 18.2 Å². The molecular weight excluding hydrogens is 285 g/mol. The van der Waals surface area contributed by atoms with Crippen molar-refractivity contribution in [3.05, 3.63) is 28.8 Å². The Labute approximate surface area is 113 Å². The fraction of sp³-hybridized carbons (Fsp3) is 0.417. The van der Waals surface area contributed by atoms with Gasteiger partial charge in [-0.05, 0) is 39.0 Å². The van der Waals surface area contributed by atoms with E-state index in [1.165, 1.54) is 0 Å². The van der Waals surface area contributed by atoms with Crippen LogP contribution in [0.4, 0.5) is 13.2 Å². The van der Waals surface area contributed by atoms with E-state index in [1.54, 1.807) is 20.8 Å². The first-order valence-corrected chi connectivity index (χ1v) is 5.64. The highest BCUT2D eigenvalue weighted by atomic mass is 35.5. The molecule has 0 spiro atoms. The van der Waals surface area contributed by atoms with E-state index in [1.807, 2.05) is 0 Å². The Morgan fingerprint density at radius 3 is 2.21 bits per heavy atom. The molecule has 0 bridgehead atoms. The molecule has 1 rings (SSSR count). The number of carbonyl (C=O) groups is 1. The summed E-state index contributed by atoms with van der Waals surface area (Å²) in [5.41, 5.74) is -0.743. The maximum Gasteiger partial charge on any atom is 0.573 e. The summed E-state index contributed by atoms with van der Waals surface area (Å²) in [6, 6.07) is 3.03. The Hall–Kier alpha value is -1.43. The Morgan fingerprint density at radius 2 is 1.79 bits per heavy atom. The van der Waals surface area contributed by atoms with E-state index in [4.69, 9.17) is 16.3 Å². The van der Waals surface area contributed by atoms with E-state index in [0.29, 0.717) is 0 Å². The summed E-state index contributed by atoms with van der Waals surface area (Å²) in [5.74, 6) is -1.21. The van der Waals surface area contributed by atoms with Crippen LogP contribution in [0, 0.1) is 0 Å². The van der Waals surface area contributed by atoms with Crippen molar-refractivity contribution in [3.8, 4) is 5.75 Å². The Kier molecular flexibility index (Phi) is 4.35. The molecule has 0 saturated carbocycles. The molecule has 0 aliphatic carbocycles. The van der Waals surface area contributed by atoms with Crippen LogP contribution in [0.1, 0.15) is 31.1 Å². The van der Waals surface area contributed by atoms with Gasteiger partial charge in [-0.15, -0.1) is 13.2 Å². The number of benzene rings is 1. The van der Waals surface area contributed by atoms with Gasteiger partial charge in [-0.25, -0.2) is 4.79 Å². The number of ether oxygens (including phenoxy) is 2. The van der Waals surface area contributed by atoms with Crippen molar-refractivity contribution in [2.45, 2.75) is 32.7 Å². The maximum absolute atomic E-state index is 12.0. The van der Waals surface area contributed by atoms with Crippen molar-refractivity contribution in [3.63, 3.8) is 0 Å². The molecule has 0 aliphatic rings. The molecule has 0 aliphatic heterocycles. The molecule has 7 heteroatoms. The average molecular weight is 297 g/mol. The van der Waals surface area contributed by atoms with Gasteiger partial charge in [0.15, 0.2) is 0 Å². The van der Waals surface area contributed by atoms with E-state index in [-0.39, 0.29) is 10.6 Å². The first-order chi connectivity index (χ1) is 8.48. The van der Waals surface area contributed by atoms with Crippen LogP contribution >= 0.6 is 11.6 Å². The standard InChI is InChI=1S/C12H12ClF3O3/c1-11(2,3)19-10(17)8-5-4-7(6-9(8)13)18-12(14,15)16/h4-6H,1-3H3. The van der Waals surface area contributed by atoms with E-state index in [9.17, 15) is 18.0 Å². The molecule has 106 valence electrons. The zero-order valence-electron chi connectivity index (χ0n) is 10.5. The van der Waals surface area contributed by atoms with E-state index in [2.05, 4.69) is 4.74 Å². The number of esters is 1. The zero-order chi connectivity index (χ0) is 14.8. The molecule has 0 heterocycles. The van der Waals surface area contributed by atoms with Gasteiger partial charge in [-0.3, -0.25) is 0 Å². The van der Waals surface area contributed by atoms with Crippen LogP contribution in [0.15, 0.2) is 18.2 Å². The minimum Gasteiger partial charge on any atom is -0.456 e. The highest BCUT2D eigenvalue weighted by molar-refractivity contribution is 6.33. The largest absolute Gasteiger partial charge is 0.573 e. The van der Waals surface area contributed by atoms with Crippen molar-refractivity contribution < 1.29 is 27.4 Å². The smallest absolute Gasteiger partial charge is 0.456 e. The van der Waals surface area contributed by atoms with Crippen LogP contribution in [-0.2, 0) is 4.74 Å². The molecule has 0 unspecified atom stereocenters. The van der Waals surface area contributed by atoms with E-state index >= 15 is 0 Å². The minimum absolute atomic E-state index is 0.0221. The third-order valence-electron chi connectivity index (χ3n) is 1.79. The Balaban J connectivity index is 2.92. The molecule has 1 aromatic rings. The predicted octanol–water partition coefficient (Wildman–Crippen LogP) is 4.19. The molecule has 19 heavy (non-hydrogen) atoms. The molecule has 0 atom stereocenters. The lowest BCUT2D eigenvalue weighted by Crippen LogP contribution is -2.24. The summed E-state index contributed by atoms with van der Waals surface area (Å²) < 4.78 is 44.7. The lowest BCUT2D eigenvalue weighted by atomic mass is 10.1. The van der Waals surface area contributed by atoms with Crippen molar-refractivity contribution in [1.82, 2.24) is 0 Å². The van der Waals surface area contributed by atoms with Gasteiger partial charge in [0.1, 0.15) is 11.4 Å². The van der Waals surface area contributed by atoms with Gasteiger partial charge in [-0.1, -0.05) is 11.6 Å². The van der Waals surface area contributed by atoms with Crippen molar-refractivity contribution in [1.29, 1.82) is 0 Å². The lowest BCUT2D eigenvalue weighted by Gasteiger charge is -2.20. The summed E-state index contributed by atoms with van der Waals surface area (Å²) >= 11 is 5.73. The number of hydrogen-bond acceptors (Lipinski definition) is 3. The first-order valence-electron chi connectivity index (χ1n) is 5.26. The SMILES string of the molecule is CC(C)(C)OC(=O)c1ccc(OC(F)(F)F)cc1Cl. The van der Waals surface area contributed by atoms with Gasteiger partial charge < -0.3 is 9.47 Å². The number of halogens is 4. The quantitative estimate of drug-likeness (QED) is 0.768. The van der Waals surface area contributed by atoms with Gasteiger partial charge >= 0.3 is 12.3 Å². The molecule has 0 N–H and O–H groups in total. The third kappa shape index (κ3) is 5.38. The van der Waals surface area contributed by atoms with Crippen molar-refractivity contribution in [2.75, 3.05) is 0 Å². The minimum atomic E-state index is -4.81. The second-order valence-corrected chi connectivity index (χ2v) is 5.10. The van der Waals surface area contributed by atoms with Gasteiger partial charge in [0.25, 0.3) is 0 Å². The normalized spacial score (nSPS) is 12.2. The highest BCUT2D eigenvalue weighted by Gasteiger charge is 2.31. The monoisotopic (exact) mass is 296 g/mol. The topological polar surface area (TPSA) is 35.5 Å². The van der Waals surface area contributed by atoms with Gasteiger partial charge in [-0.2, -0.15) is 0 Å². The summed E-state index contributed by atoms with van der Waals surface area (Å²) in [6.07, 6.45) is -4.81. The fourth-order valence-corrected chi connectivity index (χ4v) is 1.44. The highest BCUT2D eigenvalue weighted by Crippen LogP contribution is 2.28. The first kappa shape index (κ1) is 15.6. The van der Waals surface area contributed by atoms with Crippen LogP contribution in [0.2, 0.25) is 5.02 Å². The number of carbonyl (C=O) groups excluding carboxylic acids is 1. The fourth-order valence-electron chi connectivity index (χ4n) is 1.19. The van der Waals surface area contributed by atoms with Crippen LogP contribution in [0.25, 0.3) is 0 Å². The number of hydrogen-bond donors (Lipinski definition) is 0. The second kappa shape index (κ2) is 5.28. The number of alkyl halides is 3. The molecule has 0 saturated heterocycles. The van der Waals surface area contributed by atoms with Crippen molar-refractivity contribution >= 4 is 17.6 Å². The van der Waals surface area contributed by atoms with Crippen LogP contribution in [-0.4, -0.2) is 17.9 Å². The predicted molar refractivity (Wildman–Crippen MR) is 63.3 cm³/mol. The summed E-state index contributed by atoms with van der Waals surface area (Å²) in [6.45, 7) is 5.00. The van der Waals surface area contributed by atoms with Crippen molar-refractivity contribution in [2.24, 2.45) is 0 Å². The molecular formula is C12H12ClF3O3. The van der Waals surface area contributed by atoms with Gasteiger partial charge in [0.2, 0.25) is 0 Å². The summed E-state index contributed by atoms with van der Waals surface area (Å²) in [5, 5.41) is -0.170. The zero-order valence-corrected chi connectivity index (χ0v) is 11.2. The Morgan fingerprint density at radius 1 is 1.21 bits per heavy atom. The van der Waals surface area contributed by atoms with Crippen LogP contribution in [0.5, 0.6) is 5.75 Å². The third-order valence-corrected chi connectivity index (χ3v) is 2.11. The molecule has 0 amide bonds. The van der Waals surface area contributed by atoms with Crippen LogP contribution in [0.3, 0.4) is 0 Å². The molecule has 3 nitrogen and oxygen atoms in total. The number of rotatable bonds is 2. The molecule has 0 radical (unpaired) electrons. The lowest BCUT2D eigenvalue weighted by molar-refractivity contribution is -0.274. The summed E-state index contributed by atoms with van der Waals surface area (Å²) in [4.78, 5) is 11.7. The average Bonchev–Trinajstić information content (AvgIpc) is 2.11. The van der Waals surface area contributed by atoms with Crippen LogP contribution < -0.4 is 4.74 Å². The maximum atomic E-state index is 12.0. The second-order valence-electron chi connectivity index (χ2n) is 4.69. The van der Waals surface area contributed by atoms with Gasteiger partial charge in [0, 0.05) is 0 Å². The molecule has 0 fully saturated rings. The Bertz CT molecular complexity index is 478.